The lowest BCUT2D eigenvalue weighted by Gasteiger charge is -2.05. The molecule has 4 rings (SSSR count). The maximum atomic E-state index is 14.5. The summed E-state index contributed by atoms with van der Waals surface area (Å²) in [6, 6.07) is 10.7. The Kier molecular flexibility index (Phi) is 4.08. The Morgan fingerprint density at radius 1 is 1.00 bits per heavy atom. The van der Waals surface area contributed by atoms with Crippen molar-refractivity contribution in [3.05, 3.63) is 77.6 Å². The van der Waals surface area contributed by atoms with E-state index in [2.05, 4.69) is 15.1 Å². The van der Waals surface area contributed by atoms with Crippen LogP contribution >= 0.6 is 0 Å². The second-order valence-electron chi connectivity index (χ2n) is 5.83. The maximum Gasteiger partial charge on any atom is 0.338 e. The topological polar surface area (TPSA) is 80.9 Å². The first-order valence-corrected chi connectivity index (χ1v) is 7.99. The molecule has 1 N–H and O–H groups in total. The van der Waals surface area contributed by atoms with Crippen LogP contribution in [0.1, 0.15) is 15.9 Å². The number of carboxylic acid groups (broad SMARTS) is 1. The van der Waals surface area contributed by atoms with E-state index >= 15 is 0 Å². The zero-order chi connectivity index (χ0) is 19.0. The number of carbonyl (C=O) groups is 1. The van der Waals surface area contributed by atoms with Gasteiger partial charge in [-0.3, -0.25) is 4.68 Å². The molecule has 4 aromatic rings. The largest absolute Gasteiger partial charge is 0.478 e. The maximum absolute atomic E-state index is 14.5. The third-order valence-corrected chi connectivity index (χ3v) is 4.11. The van der Waals surface area contributed by atoms with Gasteiger partial charge in [0.1, 0.15) is 22.8 Å². The van der Waals surface area contributed by atoms with Gasteiger partial charge in [0.25, 0.3) is 0 Å². The lowest BCUT2D eigenvalue weighted by atomic mass is 10.2. The number of aromatic carboxylic acids is 1. The molecule has 0 atom stereocenters. The first kappa shape index (κ1) is 16.8. The number of nitrogens with zero attached hydrogens (tertiary/aromatic N) is 4. The van der Waals surface area contributed by atoms with Crippen LogP contribution in [0.5, 0.6) is 0 Å². The third-order valence-electron chi connectivity index (χ3n) is 4.11. The highest BCUT2D eigenvalue weighted by Crippen LogP contribution is 2.28. The average Bonchev–Trinajstić information content (AvgIpc) is 3.03. The predicted octanol–water partition coefficient (Wildman–Crippen LogP) is 3.52. The number of aromatic nitrogens is 4. The quantitative estimate of drug-likeness (QED) is 0.598. The summed E-state index contributed by atoms with van der Waals surface area (Å²) in [4.78, 5) is 19.0. The highest BCUT2D eigenvalue weighted by atomic mass is 19.1. The Labute approximate surface area is 151 Å². The van der Waals surface area contributed by atoms with Gasteiger partial charge in [-0.15, -0.1) is 0 Å². The number of hydrogen-bond donors (Lipinski definition) is 1. The lowest BCUT2D eigenvalue weighted by Crippen LogP contribution is -2.05. The highest BCUT2D eigenvalue weighted by molar-refractivity contribution is 5.92. The Hall–Kier alpha value is -3.68. The van der Waals surface area contributed by atoms with Crippen LogP contribution in [0, 0.1) is 11.6 Å². The Morgan fingerprint density at radius 3 is 2.41 bits per heavy atom. The van der Waals surface area contributed by atoms with Crippen molar-refractivity contribution < 1.29 is 18.7 Å². The van der Waals surface area contributed by atoms with Gasteiger partial charge >= 0.3 is 5.97 Å². The molecule has 2 heterocycles. The number of rotatable bonds is 4. The van der Waals surface area contributed by atoms with Crippen molar-refractivity contribution in [3.63, 3.8) is 0 Å². The van der Waals surface area contributed by atoms with Crippen LogP contribution in [0.25, 0.3) is 22.4 Å². The summed E-state index contributed by atoms with van der Waals surface area (Å²) < 4.78 is 29.8. The first-order chi connectivity index (χ1) is 13.0. The van der Waals surface area contributed by atoms with Crippen molar-refractivity contribution in [1.82, 2.24) is 19.7 Å². The Balaban J connectivity index is 1.86. The van der Waals surface area contributed by atoms with Crippen molar-refractivity contribution in [2.75, 3.05) is 0 Å². The number of para-hydroxylation sites is 1. The molecule has 0 aliphatic heterocycles. The molecule has 6 nitrogen and oxygen atoms in total. The van der Waals surface area contributed by atoms with E-state index in [-0.39, 0.29) is 29.1 Å². The number of halogens is 2. The minimum Gasteiger partial charge on any atom is -0.478 e. The van der Waals surface area contributed by atoms with Gasteiger partial charge in [-0.05, 0) is 12.1 Å². The van der Waals surface area contributed by atoms with Crippen LogP contribution in [0.2, 0.25) is 0 Å². The summed E-state index contributed by atoms with van der Waals surface area (Å²) in [7, 11) is 0. The molecule has 27 heavy (non-hydrogen) atoms. The van der Waals surface area contributed by atoms with E-state index in [4.69, 9.17) is 5.11 Å². The molecule has 0 aliphatic carbocycles. The summed E-state index contributed by atoms with van der Waals surface area (Å²) in [6.45, 7) is 0.0251. The van der Waals surface area contributed by atoms with Gasteiger partial charge < -0.3 is 5.11 Å². The predicted molar refractivity (Wildman–Crippen MR) is 93.2 cm³/mol. The second kappa shape index (κ2) is 6.56. The normalized spacial score (nSPS) is 11.0. The molecule has 0 bridgehead atoms. The Morgan fingerprint density at radius 2 is 1.70 bits per heavy atom. The zero-order valence-electron chi connectivity index (χ0n) is 13.8. The van der Waals surface area contributed by atoms with E-state index in [1.807, 2.05) is 0 Å². The molecule has 0 saturated carbocycles. The fourth-order valence-corrected chi connectivity index (χ4v) is 2.82. The van der Waals surface area contributed by atoms with Gasteiger partial charge in [-0.2, -0.15) is 5.10 Å². The van der Waals surface area contributed by atoms with Crippen LogP contribution in [0.4, 0.5) is 8.78 Å². The number of carboxylic acids is 1. The molecule has 8 heteroatoms. The fourth-order valence-electron chi connectivity index (χ4n) is 2.82. The van der Waals surface area contributed by atoms with Crippen LogP contribution < -0.4 is 0 Å². The van der Waals surface area contributed by atoms with Crippen molar-refractivity contribution in [2.24, 2.45) is 0 Å². The lowest BCUT2D eigenvalue weighted by molar-refractivity contribution is 0.0696. The van der Waals surface area contributed by atoms with E-state index < -0.39 is 17.6 Å². The molecule has 0 amide bonds. The van der Waals surface area contributed by atoms with Gasteiger partial charge in [0.2, 0.25) is 0 Å². The van der Waals surface area contributed by atoms with Gasteiger partial charge in [0.05, 0.1) is 12.1 Å². The second-order valence-corrected chi connectivity index (χ2v) is 5.83. The molecule has 2 aromatic heterocycles. The van der Waals surface area contributed by atoms with Gasteiger partial charge in [0.15, 0.2) is 5.82 Å². The zero-order valence-corrected chi connectivity index (χ0v) is 13.8. The third kappa shape index (κ3) is 3.01. The van der Waals surface area contributed by atoms with E-state index in [0.29, 0.717) is 10.9 Å². The molecule has 0 spiro atoms. The van der Waals surface area contributed by atoms with E-state index in [1.54, 1.807) is 24.3 Å². The number of benzene rings is 2. The van der Waals surface area contributed by atoms with Crippen LogP contribution in [0.15, 0.2) is 54.9 Å². The molecule has 2 aromatic carbocycles. The van der Waals surface area contributed by atoms with Gasteiger partial charge in [0, 0.05) is 23.3 Å². The van der Waals surface area contributed by atoms with E-state index in [9.17, 15) is 13.6 Å². The van der Waals surface area contributed by atoms with Crippen LogP contribution in [-0.4, -0.2) is 30.8 Å². The van der Waals surface area contributed by atoms with Gasteiger partial charge in [-0.1, -0.05) is 30.3 Å². The van der Waals surface area contributed by atoms with E-state index in [1.165, 1.54) is 22.9 Å². The molecule has 0 unspecified atom stereocenters. The van der Waals surface area contributed by atoms with Crippen LogP contribution in [-0.2, 0) is 6.54 Å². The molecular formula is C19H12F2N4O2. The molecule has 0 saturated heterocycles. The molecule has 134 valence electrons. The average molecular weight is 366 g/mol. The smallest absolute Gasteiger partial charge is 0.338 e. The highest BCUT2D eigenvalue weighted by Gasteiger charge is 2.18. The molecule has 0 fully saturated rings. The van der Waals surface area contributed by atoms with Crippen molar-refractivity contribution in [1.29, 1.82) is 0 Å². The monoisotopic (exact) mass is 366 g/mol. The van der Waals surface area contributed by atoms with Crippen LogP contribution in [0.3, 0.4) is 0 Å². The van der Waals surface area contributed by atoms with Gasteiger partial charge in [-0.25, -0.2) is 23.5 Å². The van der Waals surface area contributed by atoms with Crippen molar-refractivity contribution >= 4 is 16.9 Å². The summed E-state index contributed by atoms with van der Waals surface area (Å²) in [5.41, 5.74) is 0.776. The fraction of sp³-hybridized carbons (Fsp3) is 0.0526. The number of fused-ring (bicyclic) bond motifs is 1. The first-order valence-electron chi connectivity index (χ1n) is 7.99. The summed E-state index contributed by atoms with van der Waals surface area (Å²) >= 11 is 0. The minimum atomic E-state index is -1.15. The van der Waals surface area contributed by atoms with Crippen molar-refractivity contribution in [2.45, 2.75) is 6.54 Å². The number of hydrogen-bond acceptors (Lipinski definition) is 4. The Bertz CT molecular complexity index is 1160. The summed E-state index contributed by atoms with van der Waals surface area (Å²) in [6.07, 6.45) is 2.32. The molecular weight excluding hydrogens is 354 g/mol. The molecule has 0 aliphatic rings. The van der Waals surface area contributed by atoms with E-state index in [0.717, 1.165) is 12.4 Å². The molecule has 0 radical (unpaired) electrons. The minimum absolute atomic E-state index is 0.0251. The SMILES string of the molecule is O=C(O)c1cnc(-c2nn(Cc3ccccc3F)c3c(F)cccc23)nc1. The summed E-state index contributed by atoms with van der Waals surface area (Å²) in [5.74, 6) is -1.92. The summed E-state index contributed by atoms with van der Waals surface area (Å²) in [5, 5.41) is 13.8. The standard InChI is InChI=1S/C19H12F2N4O2/c20-14-6-2-1-4-11(14)10-25-17-13(5-3-7-15(17)21)16(24-25)18-22-8-12(9-23-18)19(26)27/h1-9H,10H2,(H,26,27). The van der Waals surface area contributed by atoms with Crippen molar-refractivity contribution in [3.8, 4) is 11.5 Å².